The number of aromatic nitrogens is 7. The molecule has 13 nitrogen and oxygen atoms in total. The molecule has 2 saturated heterocycles. The number of ether oxygens (including phenoxy) is 1. The third-order valence-corrected chi connectivity index (χ3v) is 7.82. The van der Waals surface area contributed by atoms with E-state index in [1.807, 2.05) is 30.3 Å². The highest BCUT2D eigenvalue weighted by atomic mass is 16.5. The van der Waals surface area contributed by atoms with Gasteiger partial charge in [0.05, 0.1) is 18.8 Å². The zero-order valence-corrected chi connectivity index (χ0v) is 23.5. The zero-order valence-electron chi connectivity index (χ0n) is 23.5. The minimum atomic E-state index is 0.139. The smallest absolute Gasteiger partial charge is 0.236 e. The van der Waals surface area contributed by atoms with Gasteiger partial charge in [-0.3, -0.25) is 9.47 Å². The fraction of sp³-hybridized carbons (Fsp3) is 0.300. The summed E-state index contributed by atoms with van der Waals surface area (Å²) in [5, 5.41) is 9.10. The van der Waals surface area contributed by atoms with Gasteiger partial charge in [-0.2, -0.15) is 10.2 Å². The van der Waals surface area contributed by atoms with Crippen LogP contribution in [0.2, 0.25) is 0 Å². The van der Waals surface area contributed by atoms with E-state index in [4.69, 9.17) is 25.7 Å². The molecular weight excluding hydrogens is 544 g/mol. The van der Waals surface area contributed by atoms with Crippen molar-refractivity contribution in [3.8, 4) is 23.1 Å². The van der Waals surface area contributed by atoms with Crippen LogP contribution in [0.3, 0.4) is 0 Å². The zero-order chi connectivity index (χ0) is 29.2. The number of hydrogen-bond donors (Lipinski definition) is 1. The summed E-state index contributed by atoms with van der Waals surface area (Å²) in [6, 6.07) is 18.4. The number of nitrogens with two attached hydrogens (primary N) is 1. The predicted octanol–water partition coefficient (Wildman–Crippen LogP) is 2.28. The number of benzene rings is 1. The number of nitrogens with zero attached hydrogens (tertiary/aromatic N) is 11. The lowest BCUT2D eigenvalue weighted by Crippen LogP contribution is -2.46. The van der Waals surface area contributed by atoms with Crippen molar-refractivity contribution in [3.05, 3.63) is 72.4 Å². The Morgan fingerprint density at radius 3 is 2.42 bits per heavy atom. The highest BCUT2D eigenvalue weighted by Crippen LogP contribution is 2.31. The first-order valence-corrected chi connectivity index (χ1v) is 14.2. The molecule has 7 rings (SSSR count). The average molecular weight is 575 g/mol. The molecule has 1 aromatic carbocycles. The molecule has 0 amide bonds. The second kappa shape index (κ2) is 11.6. The summed E-state index contributed by atoms with van der Waals surface area (Å²) in [6.45, 7) is 7.08. The maximum atomic E-state index is 9.10. The van der Waals surface area contributed by atoms with Gasteiger partial charge in [0, 0.05) is 57.7 Å². The van der Waals surface area contributed by atoms with E-state index in [2.05, 4.69) is 63.5 Å². The molecule has 0 atom stereocenters. The molecule has 2 fully saturated rings. The van der Waals surface area contributed by atoms with E-state index in [1.54, 1.807) is 6.20 Å². The number of fused-ring (bicyclic) bond motifs is 1. The topological polar surface area (TPSA) is 151 Å². The van der Waals surface area contributed by atoms with Crippen LogP contribution in [0.5, 0.6) is 0 Å². The fourth-order valence-electron chi connectivity index (χ4n) is 5.56. The molecule has 0 unspecified atom stereocenters. The highest BCUT2D eigenvalue weighted by Gasteiger charge is 2.22. The van der Waals surface area contributed by atoms with Crippen LogP contribution < -0.4 is 15.5 Å². The first kappa shape index (κ1) is 26.7. The van der Waals surface area contributed by atoms with Gasteiger partial charge < -0.3 is 20.3 Å². The number of rotatable bonds is 6. The Labute approximate surface area is 248 Å². The Morgan fingerprint density at radius 2 is 1.65 bits per heavy atom. The lowest BCUT2D eigenvalue weighted by molar-refractivity contribution is 0.122. The summed E-state index contributed by atoms with van der Waals surface area (Å²) in [5.41, 5.74) is 10.8. The van der Waals surface area contributed by atoms with Crippen molar-refractivity contribution in [1.82, 2.24) is 39.4 Å². The van der Waals surface area contributed by atoms with Crippen molar-refractivity contribution in [3.63, 3.8) is 0 Å². The number of nitrogen functional groups attached to an aromatic ring is 1. The molecule has 0 spiro atoms. The molecule has 6 heterocycles. The van der Waals surface area contributed by atoms with Crippen LogP contribution in [0, 0.1) is 11.3 Å². The summed E-state index contributed by atoms with van der Waals surface area (Å²) < 4.78 is 7.61. The van der Waals surface area contributed by atoms with E-state index >= 15 is 0 Å². The van der Waals surface area contributed by atoms with E-state index in [9.17, 15) is 0 Å². The van der Waals surface area contributed by atoms with Crippen LogP contribution in [0.25, 0.3) is 28.2 Å². The fourth-order valence-corrected chi connectivity index (χ4v) is 5.56. The van der Waals surface area contributed by atoms with E-state index < -0.39 is 0 Å². The molecule has 13 heteroatoms. The Morgan fingerprint density at radius 1 is 0.837 bits per heavy atom. The number of nitriles is 1. The van der Waals surface area contributed by atoms with Gasteiger partial charge in [-0.15, -0.1) is 0 Å². The van der Waals surface area contributed by atoms with Crippen molar-refractivity contribution >= 4 is 28.7 Å². The van der Waals surface area contributed by atoms with Crippen LogP contribution in [0.4, 0.5) is 17.6 Å². The maximum absolute atomic E-state index is 9.10. The Balaban J connectivity index is 1.15. The number of pyridine rings is 2. The van der Waals surface area contributed by atoms with Crippen molar-refractivity contribution < 1.29 is 4.74 Å². The maximum Gasteiger partial charge on any atom is 0.236 e. The van der Waals surface area contributed by atoms with Gasteiger partial charge in [-0.25, -0.2) is 24.9 Å². The molecule has 0 aliphatic carbocycles. The largest absolute Gasteiger partial charge is 0.383 e. The summed E-state index contributed by atoms with van der Waals surface area (Å²) in [5.74, 6) is 2.72. The third kappa shape index (κ3) is 5.41. The molecule has 2 aliphatic heterocycles. The molecule has 43 heavy (non-hydrogen) atoms. The van der Waals surface area contributed by atoms with Crippen LogP contribution in [-0.4, -0.2) is 91.9 Å². The van der Waals surface area contributed by atoms with Gasteiger partial charge in [0.15, 0.2) is 11.5 Å². The predicted molar refractivity (Wildman–Crippen MR) is 162 cm³/mol. The molecule has 5 aromatic rings. The van der Waals surface area contributed by atoms with Crippen LogP contribution in [0.1, 0.15) is 11.4 Å². The van der Waals surface area contributed by atoms with Gasteiger partial charge in [0.1, 0.15) is 29.5 Å². The van der Waals surface area contributed by atoms with E-state index in [0.29, 0.717) is 30.8 Å². The van der Waals surface area contributed by atoms with Crippen LogP contribution in [0.15, 0.2) is 61.1 Å². The summed E-state index contributed by atoms with van der Waals surface area (Å²) in [4.78, 5) is 33.4. The molecule has 2 N–H and O–H groups in total. The first-order valence-electron chi connectivity index (χ1n) is 14.2. The van der Waals surface area contributed by atoms with Crippen molar-refractivity contribution in [2.24, 2.45) is 0 Å². The van der Waals surface area contributed by atoms with Gasteiger partial charge >= 0.3 is 0 Å². The second-order valence-corrected chi connectivity index (χ2v) is 10.5. The lowest BCUT2D eigenvalue weighted by Gasteiger charge is -2.34. The van der Waals surface area contributed by atoms with E-state index in [1.165, 1.54) is 11.9 Å². The molecule has 4 aromatic heterocycles. The third-order valence-electron chi connectivity index (χ3n) is 7.82. The van der Waals surface area contributed by atoms with E-state index in [0.717, 1.165) is 74.0 Å². The molecule has 0 saturated carbocycles. The molecule has 0 bridgehead atoms. The van der Waals surface area contributed by atoms with Crippen molar-refractivity contribution in [2.75, 3.05) is 68.0 Å². The molecule has 0 radical (unpaired) electrons. The van der Waals surface area contributed by atoms with Crippen LogP contribution in [-0.2, 0) is 11.3 Å². The average Bonchev–Trinajstić information content (AvgIpc) is 3.44. The quantitative estimate of drug-likeness (QED) is 0.317. The highest BCUT2D eigenvalue weighted by molar-refractivity contribution is 5.83. The van der Waals surface area contributed by atoms with Gasteiger partial charge in [0.2, 0.25) is 11.8 Å². The monoisotopic (exact) mass is 574 g/mol. The van der Waals surface area contributed by atoms with Gasteiger partial charge in [-0.1, -0.05) is 12.1 Å². The molecular formula is C30H30N12O. The van der Waals surface area contributed by atoms with Crippen LogP contribution >= 0.6 is 0 Å². The lowest BCUT2D eigenvalue weighted by atomic mass is 10.1. The molecule has 216 valence electrons. The van der Waals surface area contributed by atoms with E-state index in [-0.39, 0.29) is 5.82 Å². The second-order valence-electron chi connectivity index (χ2n) is 10.5. The SMILES string of the molecule is N#Cc1ncnc(N2CCN(Cc3ccc(-n4c(-c5cccnc5N)nc5ccc(N6CCOCC6)nc54)cc3)CC2)n1. The first-order chi connectivity index (χ1) is 21.2. The number of anilines is 3. The van der Waals surface area contributed by atoms with Gasteiger partial charge in [-0.05, 0) is 42.0 Å². The summed E-state index contributed by atoms with van der Waals surface area (Å²) >= 11 is 0. The number of morpholine rings is 1. The minimum Gasteiger partial charge on any atom is -0.383 e. The number of hydrogen-bond acceptors (Lipinski definition) is 12. The van der Waals surface area contributed by atoms with Crippen molar-refractivity contribution in [2.45, 2.75) is 6.54 Å². The minimum absolute atomic E-state index is 0.139. The Bertz CT molecular complexity index is 1780. The number of piperazine rings is 1. The Hall–Kier alpha value is -5.19. The summed E-state index contributed by atoms with van der Waals surface area (Å²) in [6.07, 6.45) is 3.08. The number of imidazole rings is 1. The van der Waals surface area contributed by atoms with Gasteiger partial charge in [0.25, 0.3) is 0 Å². The Kier molecular flexibility index (Phi) is 7.20. The standard InChI is InChI=1S/C30H30N12O/c31-18-25-34-20-35-30(37-25)41-12-10-39(11-13-41)19-21-3-5-22(6-4-21)42-28(23-2-1-9-33-27(23)32)36-24-7-8-26(38-29(24)42)40-14-16-43-17-15-40/h1-9,20H,10-17,19H2,(H2,32,33). The summed E-state index contributed by atoms with van der Waals surface area (Å²) in [7, 11) is 0. The molecule has 2 aliphatic rings. The van der Waals surface area contributed by atoms with Crippen molar-refractivity contribution in [1.29, 1.82) is 5.26 Å². The normalized spacial score (nSPS) is 16.0.